The molecule has 4 rings (SSSR count). The van der Waals surface area contributed by atoms with Crippen molar-refractivity contribution in [3.63, 3.8) is 0 Å². The Morgan fingerprint density at radius 3 is 1.93 bits per heavy atom. The fourth-order valence-electron chi connectivity index (χ4n) is 4.62. The first-order valence-corrected chi connectivity index (χ1v) is 15.6. The molecule has 43 heavy (non-hydrogen) atoms. The van der Waals surface area contributed by atoms with Crippen LogP contribution in [0.2, 0.25) is 0 Å². The average molecular weight is 602 g/mol. The molecular weight excluding hydrogens is 565 g/mol. The van der Waals surface area contributed by atoms with E-state index in [0.29, 0.717) is 17.7 Å². The zero-order chi connectivity index (χ0) is 30.8. The average Bonchev–Trinajstić information content (AvgIpc) is 3.03. The molecule has 0 saturated carbocycles. The molecule has 2 amide bonds. The standard InChI is InChI=1S/C34H36FN3O4S/c1-3-26(2)36-34(40)32(23-27-13-7-4-8-14-27)37(24-28-19-21-29(35)22-20-28)33(39)25-38(30-15-9-5-10-16-30)43(41,42)31-17-11-6-12-18-31/h4-22,26,32H,3,23-25H2,1-2H3,(H,36,40)/t26-,32+/m1/s1. The van der Waals surface area contributed by atoms with Crippen LogP contribution < -0.4 is 9.62 Å². The zero-order valence-electron chi connectivity index (χ0n) is 24.3. The Morgan fingerprint density at radius 1 is 0.791 bits per heavy atom. The minimum atomic E-state index is -4.15. The number of hydrogen-bond acceptors (Lipinski definition) is 4. The van der Waals surface area contributed by atoms with E-state index in [9.17, 15) is 22.4 Å². The number of nitrogens with zero attached hydrogens (tertiary/aromatic N) is 2. The van der Waals surface area contributed by atoms with Crippen molar-refractivity contribution < 1.29 is 22.4 Å². The highest BCUT2D eigenvalue weighted by Gasteiger charge is 2.34. The minimum absolute atomic E-state index is 0.0292. The van der Waals surface area contributed by atoms with Gasteiger partial charge in [-0.3, -0.25) is 13.9 Å². The second-order valence-electron chi connectivity index (χ2n) is 10.3. The highest BCUT2D eigenvalue weighted by molar-refractivity contribution is 7.92. The van der Waals surface area contributed by atoms with Crippen LogP contribution in [-0.4, -0.2) is 43.8 Å². The van der Waals surface area contributed by atoms with Gasteiger partial charge in [0.2, 0.25) is 11.8 Å². The monoisotopic (exact) mass is 601 g/mol. The fraction of sp³-hybridized carbons (Fsp3) is 0.235. The van der Waals surface area contributed by atoms with Gasteiger partial charge in [-0.2, -0.15) is 0 Å². The number of nitrogens with one attached hydrogen (secondary N) is 1. The van der Waals surface area contributed by atoms with Crippen LogP contribution in [0.5, 0.6) is 0 Å². The molecule has 4 aromatic carbocycles. The van der Waals surface area contributed by atoms with E-state index in [1.807, 2.05) is 44.2 Å². The molecule has 9 heteroatoms. The molecule has 0 heterocycles. The van der Waals surface area contributed by atoms with Crippen LogP contribution in [0.3, 0.4) is 0 Å². The summed E-state index contributed by atoms with van der Waals surface area (Å²) in [5.74, 6) is -1.36. The Hall–Kier alpha value is -4.50. The zero-order valence-corrected chi connectivity index (χ0v) is 25.1. The second-order valence-corrected chi connectivity index (χ2v) is 12.2. The van der Waals surface area contributed by atoms with Crippen molar-refractivity contribution >= 4 is 27.5 Å². The molecule has 0 saturated heterocycles. The van der Waals surface area contributed by atoms with Gasteiger partial charge in [0.05, 0.1) is 10.6 Å². The van der Waals surface area contributed by atoms with Gasteiger partial charge in [0.25, 0.3) is 10.0 Å². The van der Waals surface area contributed by atoms with E-state index in [1.54, 1.807) is 60.7 Å². The number of carbonyl (C=O) groups is 2. The maximum absolute atomic E-state index is 14.3. The van der Waals surface area contributed by atoms with Crippen molar-refractivity contribution in [3.05, 3.63) is 132 Å². The van der Waals surface area contributed by atoms with Crippen LogP contribution in [-0.2, 0) is 32.6 Å². The third-order valence-electron chi connectivity index (χ3n) is 7.19. The Balaban J connectivity index is 1.78. The highest BCUT2D eigenvalue weighted by atomic mass is 32.2. The van der Waals surface area contributed by atoms with Crippen LogP contribution in [0.1, 0.15) is 31.4 Å². The lowest BCUT2D eigenvalue weighted by molar-refractivity contribution is -0.140. The molecule has 0 bridgehead atoms. The Kier molecular flexibility index (Phi) is 10.7. The van der Waals surface area contributed by atoms with Crippen molar-refractivity contribution in [1.82, 2.24) is 10.2 Å². The first kappa shape index (κ1) is 31.4. The minimum Gasteiger partial charge on any atom is -0.352 e. The van der Waals surface area contributed by atoms with Gasteiger partial charge in [-0.05, 0) is 60.9 Å². The van der Waals surface area contributed by atoms with Crippen molar-refractivity contribution in [2.75, 3.05) is 10.8 Å². The highest BCUT2D eigenvalue weighted by Crippen LogP contribution is 2.25. The van der Waals surface area contributed by atoms with E-state index >= 15 is 0 Å². The first-order chi connectivity index (χ1) is 20.7. The largest absolute Gasteiger partial charge is 0.352 e. The number of anilines is 1. The maximum Gasteiger partial charge on any atom is 0.264 e. The summed E-state index contributed by atoms with van der Waals surface area (Å²) in [6.45, 7) is 3.25. The summed E-state index contributed by atoms with van der Waals surface area (Å²) in [7, 11) is -4.15. The van der Waals surface area contributed by atoms with Gasteiger partial charge in [-0.15, -0.1) is 0 Å². The number of halogens is 1. The molecule has 1 N–H and O–H groups in total. The van der Waals surface area contributed by atoms with Gasteiger partial charge in [0, 0.05) is 19.0 Å². The Labute approximate surface area is 253 Å². The van der Waals surface area contributed by atoms with Crippen LogP contribution >= 0.6 is 0 Å². The van der Waals surface area contributed by atoms with Gasteiger partial charge in [-0.1, -0.05) is 85.8 Å². The number of hydrogen-bond donors (Lipinski definition) is 1. The van der Waals surface area contributed by atoms with Crippen LogP contribution in [0.15, 0.2) is 120 Å². The SMILES string of the molecule is CC[C@@H](C)NC(=O)[C@H](Cc1ccccc1)N(Cc1ccc(F)cc1)C(=O)CN(c1ccccc1)S(=O)(=O)c1ccccc1. The number of rotatable bonds is 13. The molecule has 0 radical (unpaired) electrons. The van der Waals surface area contributed by atoms with Gasteiger partial charge >= 0.3 is 0 Å². The summed E-state index contributed by atoms with van der Waals surface area (Å²) in [4.78, 5) is 29.5. The molecule has 4 aromatic rings. The molecule has 0 spiro atoms. The van der Waals surface area contributed by atoms with Crippen LogP contribution in [0.4, 0.5) is 10.1 Å². The molecule has 0 aliphatic heterocycles. The van der Waals surface area contributed by atoms with E-state index in [0.717, 1.165) is 9.87 Å². The lowest BCUT2D eigenvalue weighted by Crippen LogP contribution is -2.54. The predicted octanol–water partition coefficient (Wildman–Crippen LogP) is 5.58. The molecule has 0 aromatic heterocycles. The summed E-state index contributed by atoms with van der Waals surface area (Å²) in [6.07, 6.45) is 0.889. The summed E-state index contributed by atoms with van der Waals surface area (Å²) in [6, 6.07) is 30.2. The molecule has 0 aliphatic carbocycles. The van der Waals surface area contributed by atoms with Gasteiger partial charge in [-0.25, -0.2) is 12.8 Å². The van der Waals surface area contributed by atoms with Crippen LogP contribution in [0, 0.1) is 5.82 Å². The molecular formula is C34H36FN3O4S. The summed E-state index contributed by atoms with van der Waals surface area (Å²) >= 11 is 0. The fourth-order valence-corrected chi connectivity index (χ4v) is 6.06. The summed E-state index contributed by atoms with van der Waals surface area (Å²) < 4.78 is 42.6. The lowest BCUT2D eigenvalue weighted by atomic mass is 10.0. The molecule has 0 unspecified atom stereocenters. The number of sulfonamides is 1. The molecule has 0 fully saturated rings. The van der Waals surface area contributed by atoms with E-state index in [-0.39, 0.29) is 29.8 Å². The maximum atomic E-state index is 14.3. The van der Waals surface area contributed by atoms with Crippen molar-refractivity contribution in [2.45, 2.75) is 50.2 Å². The number of amides is 2. The van der Waals surface area contributed by atoms with Crippen molar-refractivity contribution in [1.29, 1.82) is 0 Å². The normalized spacial score (nSPS) is 12.6. The Morgan fingerprint density at radius 2 is 1.35 bits per heavy atom. The first-order valence-electron chi connectivity index (χ1n) is 14.2. The van der Waals surface area contributed by atoms with Crippen molar-refractivity contribution in [2.24, 2.45) is 0 Å². The van der Waals surface area contributed by atoms with Crippen molar-refractivity contribution in [3.8, 4) is 0 Å². The second kappa shape index (κ2) is 14.6. The number of carbonyl (C=O) groups excluding carboxylic acids is 2. The predicted molar refractivity (Wildman–Crippen MR) is 166 cm³/mol. The third kappa shape index (κ3) is 8.29. The topological polar surface area (TPSA) is 86.8 Å². The van der Waals surface area contributed by atoms with E-state index in [2.05, 4.69) is 5.32 Å². The summed E-state index contributed by atoms with van der Waals surface area (Å²) in [5, 5.41) is 3.00. The molecule has 7 nitrogen and oxygen atoms in total. The smallest absolute Gasteiger partial charge is 0.264 e. The molecule has 224 valence electrons. The quantitative estimate of drug-likeness (QED) is 0.217. The van der Waals surface area contributed by atoms with E-state index in [4.69, 9.17) is 0 Å². The number of para-hydroxylation sites is 1. The summed E-state index contributed by atoms with van der Waals surface area (Å²) in [5.41, 5.74) is 1.74. The van der Waals surface area contributed by atoms with Gasteiger partial charge in [0.1, 0.15) is 18.4 Å². The van der Waals surface area contributed by atoms with Crippen LogP contribution in [0.25, 0.3) is 0 Å². The molecule has 2 atom stereocenters. The van der Waals surface area contributed by atoms with Gasteiger partial charge in [0.15, 0.2) is 0 Å². The Bertz CT molecular complexity index is 1590. The number of benzene rings is 4. The van der Waals surface area contributed by atoms with E-state index in [1.165, 1.54) is 29.2 Å². The molecule has 0 aliphatic rings. The third-order valence-corrected chi connectivity index (χ3v) is 8.98. The van der Waals surface area contributed by atoms with E-state index < -0.39 is 34.3 Å². The lowest BCUT2D eigenvalue weighted by Gasteiger charge is -2.34. The van der Waals surface area contributed by atoms with Gasteiger partial charge < -0.3 is 10.2 Å².